The van der Waals surface area contributed by atoms with Crippen LogP contribution >= 0.6 is 12.2 Å². The molecule has 2 atom stereocenters. The van der Waals surface area contributed by atoms with Crippen molar-refractivity contribution in [2.24, 2.45) is 5.92 Å². The molecule has 0 aromatic carbocycles. The van der Waals surface area contributed by atoms with Crippen LogP contribution in [0.25, 0.3) is 0 Å². The summed E-state index contributed by atoms with van der Waals surface area (Å²) in [5, 5.41) is 3.34. The van der Waals surface area contributed by atoms with E-state index in [0.717, 1.165) is 16.9 Å². The highest BCUT2D eigenvalue weighted by Gasteiger charge is 2.34. The van der Waals surface area contributed by atoms with E-state index in [-0.39, 0.29) is 0 Å². The molecule has 2 heteroatoms. The minimum absolute atomic E-state index is 0.753. The third kappa shape index (κ3) is 1.41. The molecule has 0 bridgehead atoms. The van der Waals surface area contributed by atoms with Crippen LogP contribution in [-0.4, -0.2) is 11.0 Å². The van der Waals surface area contributed by atoms with Gasteiger partial charge < -0.3 is 5.32 Å². The van der Waals surface area contributed by atoms with Crippen LogP contribution in [0.4, 0.5) is 0 Å². The Morgan fingerprint density at radius 3 is 2.55 bits per heavy atom. The SMILES string of the molecule is S=C1NC2CCCCCCC12. The van der Waals surface area contributed by atoms with Gasteiger partial charge in [0, 0.05) is 12.0 Å². The first kappa shape index (κ1) is 7.53. The van der Waals surface area contributed by atoms with Crippen molar-refractivity contribution in [3.63, 3.8) is 0 Å². The van der Waals surface area contributed by atoms with Crippen LogP contribution < -0.4 is 5.32 Å². The van der Waals surface area contributed by atoms with E-state index in [1.54, 1.807) is 0 Å². The number of rotatable bonds is 0. The average Bonchev–Trinajstić information content (AvgIpc) is 1.96. The van der Waals surface area contributed by atoms with Gasteiger partial charge in [0.15, 0.2) is 0 Å². The highest BCUT2D eigenvalue weighted by Crippen LogP contribution is 2.29. The number of hydrogen-bond donors (Lipinski definition) is 1. The second-order valence-corrected chi connectivity index (χ2v) is 4.15. The Morgan fingerprint density at radius 1 is 1.09 bits per heavy atom. The van der Waals surface area contributed by atoms with Gasteiger partial charge in [0.2, 0.25) is 0 Å². The molecular formula is C9H15NS. The van der Waals surface area contributed by atoms with Crippen molar-refractivity contribution in [1.82, 2.24) is 5.32 Å². The van der Waals surface area contributed by atoms with Gasteiger partial charge >= 0.3 is 0 Å². The Bertz CT molecular complexity index is 167. The minimum atomic E-state index is 0.753. The minimum Gasteiger partial charge on any atom is -0.376 e. The first-order valence-corrected chi connectivity index (χ1v) is 5.09. The van der Waals surface area contributed by atoms with E-state index in [1.165, 1.54) is 38.5 Å². The van der Waals surface area contributed by atoms with Gasteiger partial charge in [-0.15, -0.1) is 0 Å². The summed E-state index contributed by atoms with van der Waals surface area (Å²) in [5.74, 6) is 0.755. The summed E-state index contributed by atoms with van der Waals surface area (Å²) < 4.78 is 0. The van der Waals surface area contributed by atoms with Crippen LogP contribution in [0.15, 0.2) is 0 Å². The number of hydrogen-bond acceptors (Lipinski definition) is 1. The molecule has 11 heavy (non-hydrogen) atoms. The quantitative estimate of drug-likeness (QED) is 0.558. The third-order valence-electron chi connectivity index (χ3n) is 2.93. The zero-order valence-corrected chi connectivity index (χ0v) is 7.62. The van der Waals surface area contributed by atoms with Crippen LogP contribution in [0.3, 0.4) is 0 Å². The monoisotopic (exact) mass is 169 g/mol. The summed E-state index contributed by atoms with van der Waals surface area (Å²) in [5.41, 5.74) is 0. The molecule has 1 saturated carbocycles. The normalized spacial score (nSPS) is 37.6. The maximum absolute atomic E-state index is 5.17. The topological polar surface area (TPSA) is 12.0 Å². The molecule has 2 rings (SSSR count). The van der Waals surface area contributed by atoms with Gasteiger partial charge in [-0.2, -0.15) is 0 Å². The molecule has 0 aromatic rings. The summed E-state index contributed by atoms with van der Waals surface area (Å²) in [6.07, 6.45) is 8.34. The number of nitrogens with one attached hydrogen (secondary N) is 1. The van der Waals surface area contributed by atoms with Crippen LogP contribution in [0.5, 0.6) is 0 Å². The van der Waals surface area contributed by atoms with Crippen LogP contribution in [-0.2, 0) is 0 Å². The summed E-state index contributed by atoms with van der Waals surface area (Å²) in [4.78, 5) is 1.14. The van der Waals surface area contributed by atoms with Gasteiger partial charge in [0.1, 0.15) is 0 Å². The standard InChI is InChI=1S/C9H15NS/c11-9-7-5-3-1-2-4-6-8(7)10-9/h7-8H,1-6H2,(H,10,11). The van der Waals surface area contributed by atoms with E-state index < -0.39 is 0 Å². The fourth-order valence-electron chi connectivity index (χ4n) is 2.16. The van der Waals surface area contributed by atoms with Crippen LogP contribution in [0, 0.1) is 5.92 Å². The van der Waals surface area contributed by atoms with E-state index >= 15 is 0 Å². The molecule has 0 radical (unpaired) electrons. The summed E-state index contributed by atoms with van der Waals surface area (Å²) in [6.45, 7) is 0. The molecule has 0 amide bonds. The molecule has 62 valence electrons. The number of fused-ring (bicyclic) bond motifs is 1. The predicted octanol–water partition coefficient (Wildman–Crippen LogP) is 2.26. The van der Waals surface area contributed by atoms with Gasteiger partial charge in [0.25, 0.3) is 0 Å². The van der Waals surface area contributed by atoms with Gasteiger partial charge in [-0.1, -0.05) is 37.9 Å². The molecule has 2 aliphatic rings. The van der Waals surface area contributed by atoms with Gasteiger partial charge in [-0.3, -0.25) is 0 Å². The zero-order valence-electron chi connectivity index (χ0n) is 6.81. The number of thiocarbonyl (C=S) groups is 1. The Morgan fingerprint density at radius 2 is 1.82 bits per heavy atom. The lowest BCUT2D eigenvalue weighted by molar-refractivity contribution is 0.323. The Balaban J connectivity index is 1.92. The van der Waals surface area contributed by atoms with Crippen molar-refractivity contribution < 1.29 is 0 Å². The van der Waals surface area contributed by atoms with Crippen molar-refractivity contribution in [1.29, 1.82) is 0 Å². The molecule has 1 aliphatic heterocycles. The lowest BCUT2D eigenvalue weighted by Crippen LogP contribution is -2.57. The molecule has 0 aromatic heterocycles. The fourth-order valence-corrected chi connectivity index (χ4v) is 2.60. The smallest absolute Gasteiger partial charge is 0.0807 e. The lowest BCUT2D eigenvalue weighted by Gasteiger charge is -2.41. The molecule has 1 N–H and O–H groups in total. The van der Waals surface area contributed by atoms with Gasteiger partial charge in [-0.25, -0.2) is 0 Å². The van der Waals surface area contributed by atoms with Crippen molar-refractivity contribution >= 4 is 17.2 Å². The maximum atomic E-state index is 5.17. The zero-order chi connectivity index (χ0) is 7.68. The van der Waals surface area contributed by atoms with E-state index in [0.29, 0.717) is 0 Å². The van der Waals surface area contributed by atoms with Crippen molar-refractivity contribution in [2.75, 3.05) is 0 Å². The van der Waals surface area contributed by atoms with Crippen molar-refractivity contribution in [3.05, 3.63) is 0 Å². The van der Waals surface area contributed by atoms with Gasteiger partial charge in [-0.05, 0) is 12.8 Å². The first-order valence-electron chi connectivity index (χ1n) is 4.68. The molecular weight excluding hydrogens is 154 g/mol. The Kier molecular flexibility index (Phi) is 2.12. The van der Waals surface area contributed by atoms with E-state index in [1.807, 2.05) is 0 Å². The summed E-state index contributed by atoms with van der Waals surface area (Å²) in [7, 11) is 0. The second kappa shape index (κ2) is 3.10. The molecule has 1 aliphatic carbocycles. The molecule has 0 spiro atoms. The maximum Gasteiger partial charge on any atom is 0.0807 e. The summed E-state index contributed by atoms with van der Waals surface area (Å²) >= 11 is 5.17. The largest absolute Gasteiger partial charge is 0.376 e. The Hall–Kier alpha value is -0.110. The second-order valence-electron chi connectivity index (χ2n) is 3.71. The third-order valence-corrected chi connectivity index (χ3v) is 3.35. The average molecular weight is 169 g/mol. The highest BCUT2D eigenvalue weighted by atomic mass is 32.1. The molecule has 1 saturated heterocycles. The van der Waals surface area contributed by atoms with Crippen LogP contribution in [0.2, 0.25) is 0 Å². The van der Waals surface area contributed by atoms with Gasteiger partial charge in [0.05, 0.1) is 4.99 Å². The van der Waals surface area contributed by atoms with E-state index in [2.05, 4.69) is 5.32 Å². The highest BCUT2D eigenvalue weighted by molar-refractivity contribution is 7.80. The summed E-state index contributed by atoms with van der Waals surface area (Å²) in [6, 6.07) is 0.753. The van der Waals surface area contributed by atoms with E-state index in [4.69, 9.17) is 12.2 Å². The fraction of sp³-hybridized carbons (Fsp3) is 0.889. The predicted molar refractivity (Wildman–Crippen MR) is 50.7 cm³/mol. The lowest BCUT2D eigenvalue weighted by atomic mass is 9.81. The first-order chi connectivity index (χ1) is 5.38. The van der Waals surface area contributed by atoms with Crippen molar-refractivity contribution in [3.8, 4) is 0 Å². The van der Waals surface area contributed by atoms with E-state index in [9.17, 15) is 0 Å². The molecule has 2 unspecified atom stereocenters. The molecule has 2 fully saturated rings. The van der Waals surface area contributed by atoms with Crippen LogP contribution in [0.1, 0.15) is 38.5 Å². The van der Waals surface area contributed by atoms with Crippen molar-refractivity contribution in [2.45, 2.75) is 44.6 Å². The molecule has 1 heterocycles. The molecule has 1 nitrogen and oxygen atoms in total. The Labute approximate surface area is 73.6 Å².